The van der Waals surface area contributed by atoms with E-state index in [1.807, 2.05) is 30.3 Å². The molecule has 108 valence electrons. The normalized spacial score (nSPS) is 13.2. The number of anilines is 1. The summed E-state index contributed by atoms with van der Waals surface area (Å²) in [5.74, 6) is -0.295. The molecule has 2 aromatic rings. The quantitative estimate of drug-likeness (QED) is 0.917. The van der Waals surface area contributed by atoms with Crippen molar-refractivity contribution in [3.05, 3.63) is 66.0 Å². The minimum Gasteiger partial charge on any atom is -0.369 e. The van der Waals surface area contributed by atoms with E-state index in [-0.39, 0.29) is 5.82 Å². The van der Waals surface area contributed by atoms with E-state index in [2.05, 4.69) is 11.4 Å². The molecule has 0 amide bonds. The molecule has 0 bridgehead atoms. The molecule has 0 aromatic heterocycles. The number of benzene rings is 2. The summed E-state index contributed by atoms with van der Waals surface area (Å²) in [6.07, 6.45) is 0. The highest BCUT2D eigenvalue weighted by molar-refractivity contribution is 5.48. The van der Waals surface area contributed by atoms with Gasteiger partial charge in [0.15, 0.2) is 0 Å². The lowest BCUT2D eigenvalue weighted by Gasteiger charge is -2.32. The standard InChI is InChI=1S/C17H18FN3/c1-20-17(12-19,14-8-4-3-5-9-14)13-21(2)16-11-7-6-10-15(16)18/h3-11,20H,13H2,1-2H3. The Morgan fingerprint density at radius 1 is 1.14 bits per heavy atom. The second-order valence-corrected chi connectivity index (χ2v) is 4.94. The number of hydrogen-bond acceptors (Lipinski definition) is 3. The van der Waals surface area contributed by atoms with Gasteiger partial charge in [-0.1, -0.05) is 42.5 Å². The summed E-state index contributed by atoms with van der Waals surface area (Å²) in [6.45, 7) is 0.338. The number of halogens is 1. The monoisotopic (exact) mass is 283 g/mol. The van der Waals surface area contributed by atoms with Crippen LogP contribution in [-0.2, 0) is 5.54 Å². The van der Waals surface area contributed by atoms with E-state index in [9.17, 15) is 9.65 Å². The zero-order chi connectivity index (χ0) is 15.3. The molecule has 0 aliphatic heterocycles. The molecule has 21 heavy (non-hydrogen) atoms. The maximum Gasteiger partial charge on any atom is 0.149 e. The summed E-state index contributed by atoms with van der Waals surface area (Å²) in [4.78, 5) is 1.75. The van der Waals surface area contributed by atoms with Crippen LogP contribution in [0.3, 0.4) is 0 Å². The van der Waals surface area contributed by atoms with Crippen molar-refractivity contribution in [2.45, 2.75) is 5.54 Å². The maximum atomic E-state index is 13.9. The molecule has 0 aliphatic rings. The Morgan fingerprint density at radius 3 is 2.33 bits per heavy atom. The molecule has 1 atom stereocenters. The van der Waals surface area contributed by atoms with Gasteiger partial charge in [-0.15, -0.1) is 0 Å². The molecule has 2 rings (SSSR count). The smallest absolute Gasteiger partial charge is 0.149 e. The molecule has 4 heteroatoms. The largest absolute Gasteiger partial charge is 0.369 e. The minimum atomic E-state index is -0.891. The lowest BCUT2D eigenvalue weighted by Crippen LogP contribution is -2.48. The molecule has 0 radical (unpaired) electrons. The minimum absolute atomic E-state index is 0.295. The number of para-hydroxylation sites is 1. The molecule has 1 N–H and O–H groups in total. The molecule has 0 saturated carbocycles. The number of likely N-dealkylation sites (N-methyl/N-ethyl adjacent to an activating group) is 2. The first-order valence-corrected chi connectivity index (χ1v) is 6.74. The molecular weight excluding hydrogens is 265 g/mol. The topological polar surface area (TPSA) is 39.1 Å². The first-order valence-electron chi connectivity index (χ1n) is 6.74. The van der Waals surface area contributed by atoms with Crippen molar-refractivity contribution in [1.82, 2.24) is 5.32 Å². The van der Waals surface area contributed by atoms with Crippen molar-refractivity contribution in [3.63, 3.8) is 0 Å². The van der Waals surface area contributed by atoms with Crippen LogP contribution >= 0.6 is 0 Å². The summed E-state index contributed by atoms with van der Waals surface area (Å²) >= 11 is 0. The van der Waals surface area contributed by atoms with E-state index in [1.165, 1.54) is 6.07 Å². The summed E-state index contributed by atoms with van der Waals surface area (Å²) in [6, 6.07) is 18.4. The third kappa shape index (κ3) is 3.04. The third-order valence-corrected chi connectivity index (χ3v) is 3.62. The fraction of sp³-hybridized carbons (Fsp3) is 0.235. The summed E-state index contributed by atoms with van der Waals surface area (Å²) in [5.41, 5.74) is 0.444. The van der Waals surface area contributed by atoms with Gasteiger partial charge >= 0.3 is 0 Å². The molecule has 0 fully saturated rings. The Kier molecular flexibility index (Phi) is 4.56. The van der Waals surface area contributed by atoms with Crippen molar-refractivity contribution in [2.24, 2.45) is 0 Å². The van der Waals surface area contributed by atoms with Crippen LogP contribution in [0, 0.1) is 17.1 Å². The van der Waals surface area contributed by atoms with E-state index in [0.717, 1.165) is 5.56 Å². The summed E-state index contributed by atoms with van der Waals surface area (Å²) in [5, 5.41) is 12.7. The van der Waals surface area contributed by atoms with Gasteiger partial charge in [0.2, 0.25) is 0 Å². The van der Waals surface area contributed by atoms with Crippen molar-refractivity contribution < 1.29 is 4.39 Å². The van der Waals surface area contributed by atoms with Crippen molar-refractivity contribution >= 4 is 5.69 Å². The van der Waals surface area contributed by atoms with Gasteiger partial charge in [-0.25, -0.2) is 4.39 Å². The maximum absolute atomic E-state index is 13.9. The van der Waals surface area contributed by atoms with E-state index in [0.29, 0.717) is 12.2 Å². The Balaban J connectivity index is 2.34. The third-order valence-electron chi connectivity index (χ3n) is 3.62. The lowest BCUT2D eigenvalue weighted by atomic mass is 9.91. The first-order chi connectivity index (χ1) is 10.1. The van der Waals surface area contributed by atoms with Crippen molar-refractivity contribution in [1.29, 1.82) is 5.26 Å². The Morgan fingerprint density at radius 2 is 1.76 bits per heavy atom. The Labute approximate surface area is 124 Å². The average Bonchev–Trinajstić information content (AvgIpc) is 2.54. The van der Waals surface area contributed by atoms with Gasteiger partial charge in [-0.05, 0) is 24.7 Å². The molecule has 0 aliphatic carbocycles. The van der Waals surface area contributed by atoms with Crippen LogP contribution in [0.15, 0.2) is 54.6 Å². The number of rotatable bonds is 5. The van der Waals surface area contributed by atoms with Crippen molar-refractivity contribution in [3.8, 4) is 6.07 Å². The predicted molar refractivity (Wildman–Crippen MR) is 82.5 cm³/mol. The van der Waals surface area contributed by atoms with Crippen LogP contribution in [0.4, 0.5) is 10.1 Å². The predicted octanol–water partition coefficient (Wildman–Crippen LogP) is 2.90. The van der Waals surface area contributed by atoms with Crippen LogP contribution in [-0.4, -0.2) is 20.6 Å². The van der Waals surface area contributed by atoms with Gasteiger partial charge in [0, 0.05) is 7.05 Å². The van der Waals surface area contributed by atoms with Crippen molar-refractivity contribution in [2.75, 3.05) is 25.5 Å². The number of nitrogens with one attached hydrogen (secondary N) is 1. The van der Waals surface area contributed by atoms with E-state index in [1.54, 1.807) is 37.2 Å². The lowest BCUT2D eigenvalue weighted by molar-refractivity contribution is 0.467. The molecule has 3 nitrogen and oxygen atoms in total. The van der Waals surface area contributed by atoms with Gasteiger partial charge in [-0.2, -0.15) is 5.26 Å². The first kappa shape index (κ1) is 15.0. The number of hydrogen-bond donors (Lipinski definition) is 1. The van der Waals surface area contributed by atoms with Crippen LogP contribution in [0.2, 0.25) is 0 Å². The van der Waals surface area contributed by atoms with Crippen LogP contribution in [0.1, 0.15) is 5.56 Å². The van der Waals surface area contributed by atoms with Gasteiger partial charge in [-0.3, -0.25) is 5.32 Å². The Bertz CT molecular complexity index is 636. The highest BCUT2D eigenvalue weighted by Crippen LogP contribution is 2.25. The highest BCUT2D eigenvalue weighted by atomic mass is 19.1. The fourth-order valence-corrected chi connectivity index (χ4v) is 2.40. The van der Waals surface area contributed by atoms with E-state index >= 15 is 0 Å². The number of nitrogens with zero attached hydrogens (tertiary/aromatic N) is 2. The second kappa shape index (κ2) is 6.38. The summed E-state index contributed by atoms with van der Waals surface area (Å²) in [7, 11) is 3.52. The molecule has 0 heterocycles. The van der Waals surface area contributed by atoms with Gasteiger partial charge in [0.25, 0.3) is 0 Å². The summed E-state index contributed by atoms with van der Waals surface area (Å²) < 4.78 is 13.9. The van der Waals surface area contributed by atoms with Gasteiger partial charge < -0.3 is 4.90 Å². The zero-order valence-corrected chi connectivity index (χ0v) is 12.2. The van der Waals surface area contributed by atoms with E-state index < -0.39 is 5.54 Å². The second-order valence-electron chi connectivity index (χ2n) is 4.94. The highest BCUT2D eigenvalue weighted by Gasteiger charge is 2.32. The molecule has 1 unspecified atom stereocenters. The zero-order valence-electron chi connectivity index (χ0n) is 12.2. The fourth-order valence-electron chi connectivity index (χ4n) is 2.40. The average molecular weight is 283 g/mol. The van der Waals surface area contributed by atoms with Gasteiger partial charge in [0.1, 0.15) is 11.4 Å². The number of nitriles is 1. The molecule has 0 spiro atoms. The van der Waals surface area contributed by atoms with Crippen LogP contribution in [0.5, 0.6) is 0 Å². The van der Waals surface area contributed by atoms with Gasteiger partial charge in [0.05, 0.1) is 18.3 Å². The Hall–Kier alpha value is -2.38. The SMILES string of the molecule is CNC(C#N)(CN(C)c1ccccc1F)c1ccccc1. The molecule has 0 saturated heterocycles. The van der Waals surface area contributed by atoms with Crippen LogP contribution < -0.4 is 10.2 Å². The van der Waals surface area contributed by atoms with E-state index in [4.69, 9.17) is 0 Å². The van der Waals surface area contributed by atoms with Crippen LogP contribution in [0.25, 0.3) is 0 Å². The molecule has 2 aromatic carbocycles. The molecular formula is C17H18FN3.